The fourth-order valence-corrected chi connectivity index (χ4v) is 4.88. The van der Waals surface area contributed by atoms with Crippen LogP contribution in [0.25, 0.3) is 11.3 Å². The molecule has 0 radical (unpaired) electrons. The first-order valence-corrected chi connectivity index (χ1v) is 9.87. The van der Waals surface area contributed by atoms with Crippen LogP contribution in [0, 0.1) is 11.6 Å². The zero-order valence-electron chi connectivity index (χ0n) is 17.1. The average molecular weight is 425 g/mol. The Bertz CT molecular complexity index is 1240. The van der Waals surface area contributed by atoms with Crippen LogP contribution in [0.15, 0.2) is 55.6 Å². The number of H-pyrrole nitrogens is 1. The van der Waals surface area contributed by atoms with E-state index in [1.807, 2.05) is 11.5 Å². The lowest BCUT2D eigenvalue weighted by Crippen LogP contribution is -2.65. The highest BCUT2D eigenvalue weighted by Gasteiger charge is 2.55. The number of ether oxygens (including phenoxy) is 2. The number of nitrogens with zero attached hydrogens (tertiary/aromatic N) is 2. The predicted octanol–water partition coefficient (Wildman–Crippen LogP) is 2.78. The molecular formula is C23H21F2N3O3+2. The number of methoxy groups -OCH3 is 1. The van der Waals surface area contributed by atoms with E-state index in [1.165, 1.54) is 13.2 Å². The number of halogens is 2. The van der Waals surface area contributed by atoms with E-state index in [0.29, 0.717) is 29.2 Å². The van der Waals surface area contributed by atoms with Gasteiger partial charge in [0.2, 0.25) is 12.0 Å². The molecule has 5 rings (SSSR count). The number of hydrogen-bond acceptors (Lipinski definition) is 3. The number of nitrogens with one attached hydrogen (secondary N) is 1. The molecule has 2 aromatic heterocycles. The van der Waals surface area contributed by atoms with Gasteiger partial charge in [0.1, 0.15) is 30.1 Å². The van der Waals surface area contributed by atoms with Crippen molar-refractivity contribution in [3.8, 4) is 17.0 Å². The minimum atomic E-state index is -0.839. The number of esters is 1. The highest BCUT2D eigenvalue weighted by Crippen LogP contribution is 2.47. The minimum Gasteiger partial charge on any atom is -0.496 e. The summed E-state index contributed by atoms with van der Waals surface area (Å²) in [6.45, 7) is 6.27. The topological polar surface area (TPSA) is 59.1 Å². The Morgan fingerprint density at radius 3 is 2.87 bits per heavy atom. The molecule has 31 heavy (non-hydrogen) atoms. The van der Waals surface area contributed by atoms with Crippen molar-refractivity contribution in [1.29, 1.82) is 0 Å². The summed E-state index contributed by atoms with van der Waals surface area (Å²) in [4.78, 5) is 15.5. The van der Waals surface area contributed by atoms with Gasteiger partial charge < -0.3 is 9.47 Å². The maximum Gasteiger partial charge on any atom is 0.382 e. The number of benzene rings is 1. The van der Waals surface area contributed by atoms with Gasteiger partial charge in [0.15, 0.2) is 17.8 Å². The van der Waals surface area contributed by atoms with E-state index in [1.54, 1.807) is 41.5 Å². The van der Waals surface area contributed by atoms with Crippen molar-refractivity contribution in [3.63, 3.8) is 0 Å². The molecule has 3 aromatic rings. The molecule has 0 fully saturated rings. The number of hydrogen-bond donors (Lipinski definition) is 1. The van der Waals surface area contributed by atoms with Crippen molar-refractivity contribution in [2.75, 3.05) is 7.11 Å². The molecule has 6 nitrogen and oxygen atoms in total. The van der Waals surface area contributed by atoms with Crippen LogP contribution in [-0.4, -0.2) is 24.2 Å². The Kier molecular flexibility index (Phi) is 4.22. The second-order valence-electron chi connectivity index (χ2n) is 8.00. The van der Waals surface area contributed by atoms with E-state index in [2.05, 4.69) is 11.6 Å². The van der Waals surface area contributed by atoms with Crippen molar-refractivity contribution in [2.45, 2.75) is 31.0 Å². The van der Waals surface area contributed by atoms with Crippen molar-refractivity contribution >= 4 is 5.97 Å². The Labute approximate surface area is 177 Å². The molecule has 0 aliphatic carbocycles. The van der Waals surface area contributed by atoms with Crippen molar-refractivity contribution in [1.82, 2.24) is 4.98 Å². The van der Waals surface area contributed by atoms with Gasteiger partial charge in [-0.1, -0.05) is 6.58 Å². The average Bonchev–Trinajstić information content (AvgIpc) is 3.22. The number of aromatic nitrogens is 3. The van der Waals surface area contributed by atoms with Gasteiger partial charge >= 0.3 is 5.97 Å². The Balaban J connectivity index is 1.77. The van der Waals surface area contributed by atoms with Gasteiger partial charge in [-0.15, -0.1) is 0 Å². The summed E-state index contributed by atoms with van der Waals surface area (Å²) < 4.78 is 44.4. The third kappa shape index (κ3) is 2.71. The molecule has 0 saturated carbocycles. The molecule has 8 heteroatoms. The number of allylic oxidation sites excluding steroid dienone is 1. The number of pyridine rings is 1. The van der Waals surface area contributed by atoms with E-state index in [4.69, 9.17) is 9.47 Å². The number of aromatic amines is 1. The number of rotatable bonds is 3. The third-order valence-corrected chi connectivity index (χ3v) is 6.38. The third-order valence-electron chi connectivity index (χ3n) is 6.38. The smallest absolute Gasteiger partial charge is 0.382 e. The lowest BCUT2D eigenvalue weighted by atomic mass is 9.71. The molecular weight excluding hydrogens is 404 g/mol. The molecule has 0 saturated heterocycles. The van der Waals surface area contributed by atoms with Gasteiger partial charge in [-0.2, -0.15) is 4.57 Å². The molecule has 1 N–H and O–H groups in total. The molecule has 0 bridgehead atoms. The van der Waals surface area contributed by atoms with Gasteiger partial charge in [-0.25, -0.2) is 23.1 Å². The molecule has 2 aliphatic rings. The molecule has 0 amide bonds. The standard InChI is InChI=1S/C23H20F2N3O3/c1-4-23(2)21(19-11-27-12-26-10-18(27)22(29)31-19)15-7-13(24)8-16(25)20(15)17-9-14(30-3)5-6-28(17)23/h4-10,12,19,21H,1,11H2,2-3H3/q+1/p+1. The number of carbonyl (C=O) groups excluding carboxylic acids is 1. The van der Waals surface area contributed by atoms with Crippen LogP contribution in [0.4, 0.5) is 8.78 Å². The van der Waals surface area contributed by atoms with Crippen LogP contribution in [-0.2, 0) is 16.8 Å². The molecule has 1 aromatic carbocycles. The van der Waals surface area contributed by atoms with Gasteiger partial charge in [0.05, 0.1) is 24.7 Å². The summed E-state index contributed by atoms with van der Waals surface area (Å²) in [6.07, 6.45) is 6.08. The molecule has 4 heterocycles. The summed E-state index contributed by atoms with van der Waals surface area (Å²) in [5, 5.41) is 0. The van der Waals surface area contributed by atoms with Crippen molar-refractivity contribution < 1.29 is 32.2 Å². The van der Waals surface area contributed by atoms with E-state index in [9.17, 15) is 9.18 Å². The second-order valence-corrected chi connectivity index (χ2v) is 8.00. The summed E-state index contributed by atoms with van der Waals surface area (Å²) in [6, 6.07) is 5.66. The van der Waals surface area contributed by atoms with Crippen LogP contribution in [0.5, 0.6) is 5.75 Å². The number of imidazole rings is 1. The lowest BCUT2D eigenvalue weighted by Gasteiger charge is -2.40. The van der Waals surface area contributed by atoms with Crippen LogP contribution in [0.3, 0.4) is 0 Å². The van der Waals surface area contributed by atoms with E-state index in [-0.39, 0.29) is 5.56 Å². The van der Waals surface area contributed by atoms with Crippen LogP contribution in [0.2, 0.25) is 0 Å². The largest absolute Gasteiger partial charge is 0.496 e. The summed E-state index contributed by atoms with van der Waals surface area (Å²) in [7, 11) is 1.53. The first-order valence-electron chi connectivity index (χ1n) is 9.87. The van der Waals surface area contributed by atoms with E-state index >= 15 is 4.39 Å². The predicted molar refractivity (Wildman–Crippen MR) is 105 cm³/mol. The van der Waals surface area contributed by atoms with Gasteiger partial charge in [0, 0.05) is 19.1 Å². The maximum absolute atomic E-state index is 15.2. The number of cyclic esters (lactones) is 1. The highest BCUT2D eigenvalue weighted by molar-refractivity contribution is 5.86. The maximum atomic E-state index is 15.2. The first kappa shape index (κ1) is 19.4. The minimum absolute atomic E-state index is 0.255. The number of fused-ring (bicyclic) bond motifs is 4. The lowest BCUT2D eigenvalue weighted by molar-refractivity contribution is -0.752. The molecule has 3 atom stereocenters. The van der Waals surface area contributed by atoms with Crippen LogP contribution in [0.1, 0.15) is 28.9 Å². The Morgan fingerprint density at radius 1 is 1.32 bits per heavy atom. The Morgan fingerprint density at radius 2 is 2.13 bits per heavy atom. The molecule has 0 spiro atoms. The van der Waals surface area contributed by atoms with Gasteiger partial charge in [-0.3, -0.25) is 0 Å². The van der Waals surface area contributed by atoms with Crippen LogP contribution >= 0.6 is 0 Å². The summed E-state index contributed by atoms with van der Waals surface area (Å²) >= 11 is 0. The Hall–Kier alpha value is -3.55. The summed E-state index contributed by atoms with van der Waals surface area (Å²) in [5.74, 6) is -1.92. The van der Waals surface area contributed by atoms with Gasteiger partial charge in [-0.05, 0) is 17.7 Å². The quantitative estimate of drug-likeness (QED) is 0.399. The fourth-order valence-electron chi connectivity index (χ4n) is 4.88. The second kappa shape index (κ2) is 6.73. The molecule has 158 valence electrons. The normalized spacial score (nSPS) is 23.9. The highest BCUT2D eigenvalue weighted by atomic mass is 19.1. The van der Waals surface area contributed by atoms with Gasteiger partial charge in [0.25, 0.3) is 5.69 Å². The van der Waals surface area contributed by atoms with Crippen LogP contribution < -0.4 is 13.9 Å². The van der Waals surface area contributed by atoms with E-state index in [0.717, 1.165) is 6.07 Å². The first-order chi connectivity index (χ1) is 14.9. The SMILES string of the molecule is C=CC1(C)C(C2C[n+]3c[nH]cc3C(=O)O2)c2cc(F)cc(F)c2-c2cc(OC)cc[n+]21. The van der Waals surface area contributed by atoms with Crippen molar-refractivity contribution in [3.05, 3.63) is 78.5 Å². The molecule has 3 unspecified atom stereocenters. The van der Waals surface area contributed by atoms with E-state index < -0.39 is 35.2 Å². The monoisotopic (exact) mass is 425 g/mol. The number of carbonyl (C=O) groups is 1. The zero-order valence-corrected chi connectivity index (χ0v) is 17.1. The molecule has 2 aliphatic heterocycles. The summed E-state index contributed by atoms with van der Waals surface area (Å²) in [5.41, 5.74) is 0.767. The zero-order chi connectivity index (χ0) is 21.9. The fraction of sp³-hybridized carbons (Fsp3) is 0.261. The van der Waals surface area contributed by atoms with Crippen molar-refractivity contribution in [2.24, 2.45) is 0 Å².